The van der Waals surface area contributed by atoms with Gasteiger partial charge in [0, 0.05) is 0 Å². The van der Waals surface area contributed by atoms with Crippen LogP contribution in [0.2, 0.25) is 0 Å². The Morgan fingerprint density at radius 1 is 0.765 bits per heavy atom. The van der Waals surface area contributed by atoms with Gasteiger partial charge in [0.1, 0.15) is 0 Å². The van der Waals surface area contributed by atoms with Crippen LogP contribution in [0.25, 0.3) is 5.57 Å². The van der Waals surface area contributed by atoms with E-state index in [0.29, 0.717) is 0 Å². The number of hydrogen-bond donors (Lipinski definition) is 0. The second-order valence-corrected chi connectivity index (χ2v) is 2.99. The van der Waals surface area contributed by atoms with Crippen molar-refractivity contribution >= 4 is 5.57 Å². The van der Waals surface area contributed by atoms with Crippen LogP contribution in [-0.2, 0) is 0 Å². The molecule has 1 aliphatic rings. The zero-order valence-electron chi connectivity index (χ0n) is 12.6. The molecule has 0 nitrogen and oxygen atoms in total. The minimum Gasteiger partial charge on any atom is -0.0807 e. The van der Waals surface area contributed by atoms with Gasteiger partial charge in [-0.05, 0) is 30.4 Å². The van der Waals surface area contributed by atoms with Crippen molar-refractivity contribution in [2.24, 2.45) is 0 Å². The molecule has 0 aliphatic heterocycles. The van der Waals surface area contributed by atoms with Crippen LogP contribution >= 0.6 is 0 Å². The fourth-order valence-electron chi connectivity index (χ4n) is 1.59. The van der Waals surface area contributed by atoms with Gasteiger partial charge in [0.2, 0.25) is 0 Å². The summed E-state index contributed by atoms with van der Waals surface area (Å²) >= 11 is 0. The van der Waals surface area contributed by atoms with E-state index in [1.807, 2.05) is 41.5 Å². The van der Waals surface area contributed by atoms with E-state index < -0.39 is 0 Å². The molecular formula is C17H30. The third-order valence-electron chi connectivity index (χ3n) is 2.19. The first-order valence-electron chi connectivity index (χ1n) is 7.21. The Morgan fingerprint density at radius 2 is 1.29 bits per heavy atom. The molecule has 0 saturated carbocycles. The summed E-state index contributed by atoms with van der Waals surface area (Å²) in [5, 5.41) is 0. The topological polar surface area (TPSA) is 0 Å². The van der Waals surface area contributed by atoms with E-state index in [1.54, 1.807) is 0 Å². The highest BCUT2D eigenvalue weighted by molar-refractivity contribution is 5.66. The molecule has 0 unspecified atom stereocenters. The van der Waals surface area contributed by atoms with E-state index in [9.17, 15) is 0 Å². The predicted molar refractivity (Wildman–Crippen MR) is 82.3 cm³/mol. The van der Waals surface area contributed by atoms with E-state index in [1.165, 1.54) is 30.4 Å². The maximum Gasteiger partial charge on any atom is -0.0228 e. The van der Waals surface area contributed by atoms with Gasteiger partial charge in [-0.15, -0.1) is 0 Å². The molecule has 0 N–H and O–H groups in total. The van der Waals surface area contributed by atoms with Crippen molar-refractivity contribution in [1.82, 2.24) is 0 Å². The van der Waals surface area contributed by atoms with Crippen LogP contribution in [0.15, 0.2) is 36.4 Å². The van der Waals surface area contributed by atoms with Crippen LogP contribution in [0, 0.1) is 0 Å². The van der Waals surface area contributed by atoms with Crippen LogP contribution < -0.4 is 0 Å². The van der Waals surface area contributed by atoms with Crippen molar-refractivity contribution in [2.75, 3.05) is 0 Å². The van der Waals surface area contributed by atoms with Gasteiger partial charge >= 0.3 is 0 Å². The molecule has 0 aromatic heterocycles. The quantitative estimate of drug-likeness (QED) is 0.532. The van der Waals surface area contributed by atoms with Crippen molar-refractivity contribution in [3.8, 4) is 0 Å². The van der Waals surface area contributed by atoms with Gasteiger partial charge in [-0.2, -0.15) is 0 Å². The molecule has 1 aromatic rings. The van der Waals surface area contributed by atoms with E-state index in [-0.39, 0.29) is 0 Å². The minimum atomic E-state index is 1.27. The fraction of sp³-hybridized carbons (Fsp3) is 0.529. The van der Waals surface area contributed by atoms with Gasteiger partial charge in [0.05, 0.1) is 0 Å². The summed E-state index contributed by atoms with van der Waals surface area (Å²) in [6.07, 6.45) is 6.23. The van der Waals surface area contributed by atoms with Gasteiger partial charge < -0.3 is 0 Å². The van der Waals surface area contributed by atoms with Gasteiger partial charge in [-0.3, -0.25) is 0 Å². The van der Waals surface area contributed by atoms with Crippen molar-refractivity contribution in [3.05, 3.63) is 42.0 Å². The smallest absolute Gasteiger partial charge is 0.0228 e. The normalized spacial score (nSPS) is 11.8. The minimum absolute atomic E-state index is 1.27. The number of allylic oxidation sites excluding steroid dienone is 2. The van der Waals surface area contributed by atoms with Crippen LogP contribution in [0.1, 0.15) is 66.4 Å². The van der Waals surface area contributed by atoms with Gasteiger partial charge in [-0.25, -0.2) is 0 Å². The Balaban J connectivity index is 0. The molecule has 1 aromatic carbocycles. The highest BCUT2D eigenvalue weighted by Crippen LogP contribution is 2.26. The van der Waals surface area contributed by atoms with Crippen LogP contribution in [-0.4, -0.2) is 0 Å². The third kappa shape index (κ3) is 7.79. The lowest BCUT2D eigenvalue weighted by Crippen LogP contribution is -1.77. The molecule has 0 atom stereocenters. The van der Waals surface area contributed by atoms with Crippen molar-refractivity contribution in [3.63, 3.8) is 0 Å². The maximum atomic E-state index is 2.36. The standard InChI is InChI=1S/C11H12.3C2H6/c1-2-6-10(7-3-1)11-8-4-5-9-11;3*1-2/h1-3,6-8H,4-5,9H2;3*1-2H3. The Bertz CT molecular complexity index is 257. The molecule has 2 rings (SSSR count). The van der Waals surface area contributed by atoms with E-state index in [4.69, 9.17) is 0 Å². The molecular weight excluding hydrogens is 204 g/mol. The first kappa shape index (κ1) is 18.3. The lowest BCUT2D eigenvalue weighted by atomic mass is 10.1. The monoisotopic (exact) mass is 234 g/mol. The Hall–Kier alpha value is -1.04. The summed E-state index contributed by atoms with van der Waals surface area (Å²) in [5.74, 6) is 0. The average Bonchev–Trinajstić information content (AvgIpc) is 3.01. The lowest BCUT2D eigenvalue weighted by molar-refractivity contribution is 0.935. The molecule has 0 radical (unpaired) electrons. The molecule has 0 heterocycles. The molecule has 0 bridgehead atoms. The number of rotatable bonds is 1. The largest absolute Gasteiger partial charge is 0.0807 e. The highest BCUT2D eigenvalue weighted by atomic mass is 14.1. The molecule has 0 amide bonds. The maximum absolute atomic E-state index is 2.36. The van der Waals surface area contributed by atoms with E-state index in [2.05, 4.69) is 36.4 Å². The first-order valence-corrected chi connectivity index (χ1v) is 7.21. The zero-order chi connectivity index (χ0) is 13.5. The van der Waals surface area contributed by atoms with E-state index >= 15 is 0 Å². The molecule has 0 fully saturated rings. The molecule has 0 spiro atoms. The lowest BCUT2D eigenvalue weighted by Gasteiger charge is -1.99. The van der Waals surface area contributed by atoms with Crippen LogP contribution in [0.3, 0.4) is 0 Å². The van der Waals surface area contributed by atoms with Gasteiger partial charge in [-0.1, -0.05) is 78.0 Å². The Kier molecular flexibility index (Phi) is 16.1. The SMILES string of the molecule is C1=C(c2ccccc2)CCC1.CC.CC.CC. The average molecular weight is 234 g/mol. The Morgan fingerprint density at radius 3 is 1.71 bits per heavy atom. The fourth-order valence-corrected chi connectivity index (χ4v) is 1.59. The summed E-state index contributed by atoms with van der Waals surface area (Å²) in [7, 11) is 0. The van der Waals surface area contributed by atoms with Crippen molar-refractivity contribution in [1.29, 1.82) is 0 Å². The second kappa shape index (κ2) is 15.0. The summed E-state index contributed by atoms with van der Waals surface area (Å²) in [6, 6.07) is 10.7. The zero-order valence-corrected chi connectivity index (χ0v) is 12.6. The molecule has 0 saturated heterocycles. The summed E-state index contributed by atoms with van der Waals surface area (Å²) in [4.78, 5) is 0. The third-order valence-corrected chi connectivity index (χ3v) is 2.19. The van der Waals surface area contributed by atoms with Crippen LogP contribution in [0.4, 0.5) is 0 Å². The molecule has 98 valence electrons. The summed E-state index contributed by atoms with van der Waals surface area (Å²) in [6.45, 7) is 12.0. The number of benzene rings is 1. The van der Waals surface area contributed by atoms with Crippen molar-refractivity contribution in [2.45, 2.75) is 60.8 Å². The molecule has 0 heteroatoms. The first-order chi connectivity index (χ1) is 8.47. The van der Waals surface area contributed by atoms with Crippen LogP contribution in [0.5, 0.6) is 0 Å². The van der Waals surface area contributed by atoms with Gasteiger partial charge in [0.25, 0.3) is 0 Å². The highest BCUT2D eigenvalue weighted by Gasteiger charge is 2.04. The van der Waals surface area contributed by atoms with Gasteiger partial charge in [0.15, 0.2) is 0 Å². The summed E-state index contributed by atoms with van der Waals surface area (Å²) in [5.41, 5.74) is 2.94. The summed E-state index contributed by atoms with van der Waals surface area (Å²) < 4.78 is 0. The predicted octanol–water partition coefficient (Wildman–Crippen LogP) is 6.33. The Labute approximate surface area is 109 Å². The molecule has 1 aliphatic carbocycles. The van der Waals surface area contributed by atoms with E-state index in [0.717, 1.165) is 0 Å². The number of hydrogen-bond acceptors (Lipinski definition) is 0. The molecule has 17 heavy (non-hydrogen) atoms. The van der Waals surface area contributed by atoms with Crippen molar-refractivity contribution < 1.29 is 0 Å². The second-order valence-electron chi connectivity index (χ2n) is 2.99.